The fraction of sp³-hybridized carbons (Fsp3) is 0.133. The quantitative estimate of drug-likeness (QED) is 0.798. The second-order valence-corrected chi connectivity index (χ2v) is 5.25. The van der Waals surface area contributed by atoms with Crippen molar-refractivity contribution in [3.05, 3.63) is 64.5 Å². The summed E-state index contributed by atoms with van der Waals surface area (Å²) in [7, 11) is 0. The maximum absolute atomic E-state index is 9.22. The van der Waals surface area contributed by atoms with Gasteiger partial charge in [-0.15, -0.1) is 0 Å². The Balaban J connectivity index is 1.75. The Labute approximate surface area is 124 Å². The number of hydrogen-bond donors (Lipinski definition) is 1. The summed E-state index contributed by atoms with van der Waals surface area (Å²) in [4.78, 5) is 4.47. The smallest absolute Gasteiger partial charge is 0.137 e. The van der Waals surface area contributed by atoms with Crippen LogP contribution in [0.5, 0.6) is 5.75 Å². The first-order valence-corrected chi connectivity index (χ1v) is 7.00. The lowest BCUT2D eigenvalue weighted by Gasteiger charge is -2.07. The van der Waals surface area contributed by atoms with E-state index < -0.39 is 0 Å². The van der Waals surface area contributed by atoms with Crippen molar-refractivity contribution < 1.29 is 9.84 Å². The van der Waals surface area contributed by atoms with Crippen LogP contribution in [0.25, 0.3) is 5.65 Å². The molecule has 0 aliphatic heterocycles. The number of hydrogen-bond acceptors (Lipinski definition) is 3. The van der Waals surface area contributed by atoms with Gasteiger partial charge in [0.05, 0.1) is 12.3 Å². The molecule has 0 unspecified atom stereocenters. The molecule has 0 saturated carbocycles. The number of rotatable bonds is 4. The molecule has 0 bridgehead atoms. The van der Waals surface area contributed by atoms with Crippen LogP contribution in [0, 0.1) is 0 Å². The van der Waals surface area contributed by atoms with E-state index in [9.17, 15) is 5.11 Å². The van der Waals surface area contributed by atoms with E-state index in [1.54, 1.807) is 0 Å². The monoisotopic (exact) mass is 332 g/mol. The Bertz CT molecular complexity index is 707. The number of halogens is 1. The van der Waals surface area contributed by atoms with Gasteiger partial charge >= 0.3 is 0 Å². The van der Waals surface area contributed by atoms with Gasteiger partial charge in [0.1, 0.15) is 18.0 Å². The number of aliphatic hydroxyl groups excluding tert-OH is 1. The maximum Gasteiger partial charge on any atom is 0.137 e. The standard InChI is InChI=1S/C15H13BrN2O2/c16-14-5-4-13(7-11(14)9-19)20-10-12-8-18-6-2-1-3-15(18)17-12/h1-8,19H,9-10H2. The SMILES string of the molecule is OCc1cc(OCc2cn3ccccc3n2)ccc1Br. The average Bonchev–Trinajstić information content (AvgIpc) is 2.89. The number of nitrogens with zero attached hydrogens (tertiary/aromatic N) is 2. The maximum atomic E-state index is 9.22. The minimum absolute atomic E-state index is 0.0217. The fourth-order valence-electron chi connectivity index (χ4n) is 1.98. The lowest BCUT2D eigenvalue weighted by molar-refractivity contribution is 0.276. The number of fused-ring (bicyclic) bond motifs is 1. The van der Waals surface area contributed by atoms with E-state index in [1.165, 1.54) is 0 Å². The van der Waals surface area contributed by atoms with E-state index in [-0.39, 0.29) is 6.61 Å². The highest BCUT2D eigenvalue weighted by atomic mass is 79.9. The molecular formula is C15H13BrN2O2. The third-order valence-electron chi connectivity index (χ3n) is 2.99. The van der Waals surface area contributed by atoms with E-state index in [2.05, 4.69) is 20.9 Å². The van der Waals surface area contributed by atoms with Crippen LogP contribution in [-0.4, -0.2) is 14.5 Å². The predicted octanol–water partition coefficient (Wildman–Crippen LogP) is 3.17. The summed E-state index contributed by atoms with van der Waals surface area (Å²) in [6.07, 6.45) is 3.90. The van der Waals surface area contributed by atoms with Crippen molar-refractivity contribution in [2.75, 3.05) is 0 Å². The average molecular weight is 333 g/mol. The van der Waals surface area contributed by atoms with E-state index >= 15 is 0 Å². The van der Waals surface area contributed by atoms with Crippen molar-refractivity contribution >= 4 is 21.6 Å². The van der Waals surface area contributed by atoms with Gasteiger partial charge in [-0.3, -0.25) is 0 Å². The predicted molar refractivity (Wildman–Crippen MR) is 79.6 cm³/mol. The third kappa shape index (κ3) is 2.69. The molecule has 20 heavy (non-hydrogen) atoms. The topological polar surface area (TPSA) is 46.8 Å². The molecule has 102 valence electrons. The van der Waals surface area contributed by atoms with Crippen LogP contribution in [0.3, 0.4) is 0 Å². The Hall–Kier alpha value is -1.85. The van der Waals surface area contributed by atoms with Crippen molar-refractivity contribution in [3.63, 3.8) is 0 Å². The molecule has 0 spiro atoms. The second kappa shape index (κ2) is 5.64. The minimum atomic E-state index is -0.0217. The van der Waals surface area contributed by atoms with E-state index in [0.717, 1.165) is 21.4 Å². The van der Waals surface area contributed by atoms with E-state index in [0.29, 0.717) is 12.4 Å². The lowest BCUT2D eigenvalue weighted by atomic mass is 10.2. The zero-order valence-corrected chi connectivity index (χ0v) is 12.2. The van der Waals surface area contributed by atoms with Gasteiger partial charge in [-0.25, -0.2) is 4.98 Å². The summed E-state index contributed by atoms with van der Waals surface area (Å²) in [6.45, 7) is 0.375. The van der Waals surface area contributed by atoms with Gasteiger partial charge in [0.2, 0.25) is 0 Å². The molecule has 0 aliphatic carbocycles. The Morgan fingerprint density at radius 2 is 2.15 bits per heavy atom. The van der Waals surface area contributed by atoms with Crippen molar-refractivity contribution in [2.45, 2.75) is 13.2 Å². The van der Waals surface area contributed by atoms with Crippen molar-refractivity contribution in [2.24, 2.45) is 0 Å². The molecule has 2 heterocycles. The Kier molecular flexibility index (Phi) is 3.71. The Morgan fingerprint density at radius 1 is 1.25 bits per heavy atom. The van der Waals surface area contributed by atoms with Gasteiger partial charge in [0.25, 0.3) is 0 Å². The second-order valence-electron chi connectivity index (χ2n) is 4.40. The molecule has 0 saturated heterocycles. The fourth-order valence-corrected chi connectivity index (χ4v) is 2.35. The molecule has 0 radical (unpaired) electrons. The zero-order valence-electron chi connectivity index (χ0n) is 10.7. The summed E-state index contributed by atoms with van der Waals surface area (Å²) < 4.78 is 8.54. The van der Waals surface area contributed by atoms with Crippen molar-refractivity contribution in [1.29, 1.82) is 0 Å². The van der Waals surface area contributed by atoms with Crippen molar-refractivity contribution in [3.8, 4) is 5.75 Å². The van der Waals surface area contributed by atoms with Gasteiger partial charge < -0.3 is 14.2 Å². The molecule has 0 atom stereocenters. The first kappa shape index (κ1) is 13.1. The van der Waals surface area contributed by atoms with Gasteiger partial charge in [0, 0.05) is 16.9 Å². The van der Waals surface area contributed by atoms with Crippen LogP contribution in [0.2, 0.25) is 0 Å². The summed E-state index contributed by atoms with van der Waals surface area (Å²) >= 11 is 3.38. The van der Waals surface area contributed by atoms with Gasteiger partial charge in [0.15, 0.2) is 0 Å². The minimum Gasteiger partial charge on any atom is -0.487 e. The van der Waals surface area contributed by atoms with Gasteiger partial charge in [-0.1, -0.05) is 22.0 Å². The van der Waals surface area contributed by atoms with Crippen LogP contribution in [0.4, 0.5) is 0 Å². The molecule has 4 nitrogen and oxygen atoms in total. The van der Waals surface area contributed by atoms with Gasteiger partial charge in [-0.2, -0.15) is 0 Å². The molecule has 3 rings (SSSR count). The van der Waals surface area contributed by atoms with Crippen molar-refractivity contribution in [1.82, 2.24) is 9.38 Å². The molecule has 1 aromatic carbocycles. The van der Waals surface area contributed by atoms with Crippen LogP contribution in [0.1, 0.15) is 11.3 Å². The highest BCUT2D eigenvalue weighted by molar-refractivity contribution is 9.10. The number of imidazole rings is 1. The largest absolute Gasteiger partial charge is 0.487 e. The van der Waals surface area contributed by atoms with Crippen LogP contribution in [-0.2, 0) is 13.2 Å². The van der Waals surface area contributed by atoms with Gasteiger partial charge in [-0.05, 0) is 35.9 Å². The van der Waals surface area contributed by atoms with E-state index in [1.807, 2.05) is 53.2 Å². The number of pyridine rings is 1. The Morgan fingerprint density at radius 3 is 2.95 bits per heavy atom. The molecule has 0 fully saturated rings. The van der Waals surface area contributed by atoms with Crippen LogP contribution >= 0.6 is 15.9 Å². The summed E-state index contributed by atoms with van der Waals surface area (Å²) in [5.41, 5.74) is 2.57. The normalized spacial score (nSPS) is 10.9. The first-order valence-electron chi connectivity index (χ1n) is 6.21. The lowest BCUT2D eigenvalue weighted by Crippen LogP contribution is -1.96. The van der Waals surface area contributed by atoms with E-state index in [4.69, 9.17) is 4.74 Å². The molecule has 0 amide bonds. The molecule has 2 aromatic heterocycles. The van der Waals surface area contributed by atoms with Crippen LogP contribution in [0.15, 0.2) is 53.3 Å². The number of benzene rings is 1. The molecule has 3 aromatic rings. The van der Waals surface area contributed by atoms with Crippen LogP contribution < -0.4 is 4.74 Å². The highest BCUT2D eigenvalue weighted by Gasteiger charge is 2.04. The molecular weight excluding hydrogens is 320 g/mol. The summed E-state index contributed by atoms with van der Waals surface area (Å²) in [6, 6.07) is 11.4. The highest BCUT2D eigenvalue weighted by Crippen LogP contribution is 2.23. The number of aromatic nitrogens is 2. The molecule has 5 heteroatoms. The summed E-state index contributed by atoms with van der Waals surface area (Å²) in [5.74, 6) is 0.717. The zero-order chi connectivity index (χ0) is 13.9. The number of aliphatic hydroxyl groups is 1. The first-order chi connectivity index (χ1) is 9.76. The summed E-state index contributed by atoms with van der Waals surface area (Å²) in [5, 5.41) is 9.22. The molecule has 0 aliphatic rings. The third-order valence-corrected chi connectivity index (χ3v) is 3.76. The molecule has 1 N–H and O–H groups in total. The number of ether oxygens (including phenoxy) is 1.